The molecule has 0 aliphatic carbocycles. The molecular formula is C24H27NO2. The number of nitrogens with zero attached hydrogens (tertiary/aromatic N) is 1. The Bertz CT molecular complexity index is 820. The Hall–Kier alpha value is -2.62. The average Bonchev–Trinajstić information content (AvgIpc) is 2.68. The number of aliphatic hydroxyl groups excluding tert-OH is 2. The maximum atomic E-state index is 9.15. The fraction of sp³-hybridized carbons (Fsp3) is 0.250. The minimum atomic E-state index is 0.159. The molecule has 3 rings (SSSR count). The molecule has 0 saturated heterocycles. The van der Waals surface area contributed by atoms with Crippen molar-refractivity contribution in [3.8, 4) is 0 Å². The van der Waals surface area contributed by atoms with Gasteiger partial charge in [0.25, 0.3) is 0 Å². The van der Waals surface area contributed by atoms with Crippen LogP contribution in [0.2, 0.25) is 0 Å². The second kappa shape index (κ2) is 8.85. The highest BCUT2D eigenvalue weighted by atomic mass is 16.3. The van der Waals surface area contributed by atoms with Crippen LogP contribution in [0.1, 0.15) is 22.3 Å². The number of benzene rings is 3. The third-order valence-corrected chi connectivity index (χ3v) is 4.94. The second-order valence-electron chi connectivity index (χ2n) is 6.88. The van der Waals surface area contributed by atoms with Gasteiger partial charge >= 0.3 is 0 Å². The van der Waals surface area contributed by atoms with E-state index in [1.54, 1.807) is 0 Å². The molecule has 3 nitrogen and oxygen atoms in total. The van der Waals surface area contributed by atoms with Crippen molar-refractivity contribution in [1.29, 1.82) is 0 Å². The molecule has 0 fully saturated rings. The van der Waals surface area contributed by atoms with Crippen molar-refractivity contribution in [3.63, 3.8) is 0 Å². The molecule has 2 N–H and O–H groups in total. The molecule has 0 radical (unpaired) electrons. The molecule has 0 spiro atoms. The van der Waals surface area contributed by atoms with E-state index >= 15 is 0 Å². The summed E-state index contributed by atoms with van der Waals surface area (Å²) in [6, 6.07) is 23.2. The van der Waals surface area contributed by atoms with Crippen molar-refractivity contribution in [3.05, 3.63) is 89.0 Å². The number of hydrogen-bond acceptors (Lipinski definition) is 3. The van der Waals surface area contributed by atoms with Crippen molar-refractivity contribution in [1.82, 2.24) is 0 Å². The zero-order chi connectivity index (χ0) is 19.2. The number of aryl methyl sites for hydroxylation is 2. The van der Waals surface area contributed by atoms with Crippen LogP contribution in [-0.2, 0) is 12.8 Å². The Morgan fingerprint density at radius 2 is 1.04 bits per heavy atom. The lowest BCUT2D eigenvalue weighted by Gasteiger charge is -2.26. The highest BCUT2D eigenvalue weighted by Crippen LogP contribution is 2.35. The summed E-state index contributed by atoms with van der Waals surface area (Å²) in [5, 5.41) is 18.3. The summed E-state index contributed by atoms with van der Waals surface area (Å²) in [7, 11) is 0. The van der Waals surface area contributed by atoms with Gasteiger partial charge < -0.3 is 15.1 Å². The van der Waals surface area contributed by atoms with Crippen LogP contribution >= 0.6 is 0 Å². The third-order valence-electron chi connectivity index (χ3n) is 4.94. The Labute approximate surface area is 161 Å². The van der Waals surface area contributed by atoms with E-state index in [0.29, 0.717) is 12.8 Å². The standard InChI is InChI=1S/C24H27NO2/c1-18-3-8-24(17-19(18)2)25(22-9-4-20(5-10-22)13-15-26)23-11-6-21(7-12-23)14-16-27/h3-12,17,26-27H,13-16H2,1-2H3. The van der Waals surface area contributed by atoms with Crippen molar-refractivity contribution >= 4 is 17.1 Å². The number of rotatable bonds is 7. The molecule has 0 amide bonds. The molecule has 3 aromatic carbocycles. The van der Waals surface area contributed by atoms with Gasteiger partial charge in [0.2, 0.25) is 0 Å². The lowest BCUT2D eigenvalue weighted by Crippen LogP contribution is -2.10. The van der Waals surface area contributed by atoms with Crippen molar-refractivity contribution in [2.24, 2.45) is 0 Å². The Balaban J connectivity index is 2.03. The summed E-state index contributed by atoms with van der Waals surface area (Å²) in [5.41, 5.74) is 8.05. The molecule has 0 aromatic heterocycles. The van der Waals surface area contributed by atoms with Crippen molar-refractivity contribution in [2.45, 2.75) is 26.7 Å². The van der Waals surface area contributed by atoms with Crippen LogP contribution in [0, 0.1) is 13.8 Å². The highest BCUT2D eigenvalue weighted by Gasteiger charge is 2.13. The van der Waals surface area contributed by atoms with Gasteiger partial charge in [0.1, 0.15) is 0 Å². The lowest BCUT2D eigenvalue weighted by molar-refractivity contribution is 0.299. The van der Waals surface area contributed by atoms with E-state index in [1.165, 1.54) is 11.1 Å². The second-order valence-corrected chi connectivity index (χ2v) is 6.88. The maximum Gasteiger partial charge on any atom is 0.0471 e. The van der Waals surface area contributed by atoms with Crippen LogP contribution in [-0.4, -0.2) is 23.4 Å². The first kappa shape index (κ1) is 19.2. The molecule has 0 bridgehead atoms. The fourth-order valence-electron chi connectivity index (χ4n) is 3.19. The van der Waals surface area contributed by atoms with Crippen LogP contribution in [0.25, 0.3) is 0 Å². The van der Waals surface area contributed by atoms with Gasteiger partial charge in [-0.15, -0.1) is 0 Å². The summed E-state index contributed by atoms with van der Waals surface area (Å²) in [6.45, 7) is 4.57. The van der Waals surface area contributed by atoms with E-state index in [1.807, 2.05) is 0 Å². The highest BCUT2D eigenvalue weighted by molar-refractivity contribution is 5.77. The molecular weight excluding hydrogens is 334 g/mol. The molecule has 27 heavy (non-hydrogen) atoms. The minimum absolute atomic E-state index is 0.159. The number of hydrogen-bond donors (Lipinski definition) is 2. The smallest absolute Gasteiger partial charge is 0.0471 e. The molecule has 0 aliphatic heterocycles. The minimum Gasteiger partial charge on any atom is -0.396 e. The van der Waals surface area contributed by atoms with E-state index in [9.17, 15) is 0 Å². The fourth-order valence-corrected chi connectivity index (χ4v) is 3.19. The van der Waals surface area contributed by atoms with E-state index in [2.05, 4.69) is 85.5 Å². The van der Waals surface area contributed by atoms with Crippen LogP contribution in [0.15, 0.2) is 66.7 Å². The van der Waals surface area contributed by atoms with Gasteiger partial charge in [0.05, 0.1) is 0 Å². The summed E-state index contributed by atoms with van der Waals surface area (Å²) < 4.78 is 0. The van der Waals surface area contributed by atoms with Gasteiger partial charge in [-0.1, -0.05) is 30.3 Å². The predicted molar refractivity (Wildman–Crippen MR) is 112 cm³/mol. The normalized spacial score (nSPS) is 10.8. The monoisotopic (exact) mass is 361 g/mol. The van der Waals surface area contributed by atoms with Crippen LogP contribution in [0.5, 0.6) is 0 Å². The first-order valence-electron chi connectivity index (χ1n) is 9.39. The lowest BCUT2D eigenvalue weighted by atomic mass is 10.1. The summed E-state index contributed by atoms with van der Waals surface area (Å²) in [5.74, 6) is 0. The predicted octanol–water partition coefficient (Wildman–Crippen LogP) is 4.84. The molecule has 140 valence electrons. The number of aliphatic hydroxyl groups is 2. The summed E-state index contributed by atoms with van der Waals surface area (Å²) in [4.78, 5) is 2.23. The first-order valence-corrected chi connectivity index (χ1v) is 9.39. The van der Waals surface area contributed by atoms with Crippen molar-refractivity contribution < 1.29 is 10.2 Å². The Kier molecular flexibility index (Phi) is 6.28. The molecule has 0 unspecified atom stereocenters. The van der Waals surface area contributed by atoms with Crippen molar-refractivity contribution in [2.75, 3.05) is 18.1 Å². The summed E-state index contributed by atoms with van der Waals surface area (Å²) >= 11 is 0. The first-order chi connectivity index (χ1) is 13.1. The quantitative estimate of drug-likeness (QED) is 0.633. The topological polar surface area (TPSA) is 43.7 Å². The zero-order valence-corrected chi connectivity index (χ0v) is 16.0. The molecule has 3 heteroatoms. The van der Waals surface area contributed by atoms with E-state index in [4.69, 9.17) is 10.2 Å². The Morgan fingerprint density at radius 1 is 0.593 bits per heavy atom. The average molecular weight is 361 g/mol. The van der Waals surface area contributed by atoms with Gasteiger partial charge in [-0.25, -0.2) is 0 Å². The van der Waals surface area contributed by atoms with E-state index in [0.717, 1.165) is 28.2 Å². The van der Waals surface area contributed by atoms with Gasteiger partial charge in [-0.05, 0) is 85.3 Å². The van der Waals surface area contributed by atoms with Crippen LogP contribution in [0.4, 0.5) is 17.1 Å². The zero-order valence-electron chi connectivity index (χ0n) is 16.0. The molecule has 3 aromatic rings. The molecule has 0 atom stereocenters. The van der Waals surface area contributed by atoms with E-state index < -0.39 is 0 Å². The molecule has 0 aliphatic rings. The maximum absolute atomic E-state index is 9.15. The van der Waals surface area contributed by atoms with Gasteiger partial charge in [-0.2, -0.15) is 0 Å². The molecule has 0 heterocycles. The van der Waals surface area contributed by atoms with Crippen LogP contribution < -0.4 is 4.90 Å². The van der Waals surface area contributed by atoms with Gasteiger partial charge in [-0.3, -0.25) is 0 Å². The molecule has 0 saturated carbocycles. The largest absolute Gasteiger partial charge is 0.396 e. The van der Waals surface area contributed by atoms with E-state index in [-0.39, 0.29) is 13.2 Å². The summed E-state index contributed by atoms with van der Waals surface area (Å²) in [6.07, 6.45) is 1.33. The van der Waals surface area contributed by atoms with Crippen LogP contribution in [0.3, 0.4) is 0 Å². The SMILES string of the molecule is Cc1ccc(N(c2ccc(CCO)cc2)c2ccc(CCO)cc2)cc1C. The third kappa shape index (κ3) is 4.57. The van der Waals surface area contributed by atoms with Gasteiger partial charge in [0, 0.05) is 30.3 Å². The Morgan fingerprint density at radius 3 is 1.44 bits per heavy atom. The van der Waals surface area contributed by atoms with Gasteiger partial charge in [0.15, 0.2) is 0 Å². The number of anilines is 3.